The number of nitrogens with zero attached hydrogens (tertiary/aromatic N) is 3. The van der Waals surface area contributed by atoms with Gasteiger partial charge < -0.3 is 10.1 Å². The van der Waals surface area contributed by atoms with E-state index in [0.29, 0.717) is 11.5 Å². The van der Waals surface area contributed by atoms with Crippen LogP contribution in [0.3, 0.4) is 0 Å². The molecular weight excluding hydrogens is 240 g/mol. The van der Waals surface area contributed by atoms with Gasteiger partial charge in [-0.15, -0.1) is 0 Å². The molecule has 1 aromatic carbocycles. The van der Waals surface area contributed by atoms with E-state index in [1.54, 1.807) is 30.5 Å². The lowest BCUT2D eigenvalue weighted by molar-refractivity contribution is 0.475. The SMILES string of the molecule is Oc1ccc(-c2nc3nc(Cl)ncc3[nH]2)cc1. The summed E-state index contributed by atoms with van der Waals surface area (Å²) in [4.78, 5) is 15.3. The molecule has 3 rings (SSSR count). The summed E-state index contributed by atoms with van der Waals surface area (Å²) in [5.74, 6) is 0.879. The van der Waals surface area contributed by atoms with Crippen LogP contribution in [0.5, 0.6) is 5.75 Å². The number of nitrogens with one attached hydrogen (secondary N) is 1. The molecule has 2 N–H and O–H groups in total. The molecular formula is C11H7ClN4O. The topological polar surface area (TPSA) is 74.7 Å². The van der Waals surface area contributed by atoms with E-state index in [2.05, 4.69) is 19.9 Å². The molecule has 0 aliphatic carbocycles. The van der Waals surface area contributed by atoms with Gasteiger partial charge in [0, 0.05) is 5.56 Å². The van der Waals surface area contributed by atoms with E-state index in [1.165, 1.54) is 0 Å². The Morgan fingerprint density at radius 3 is 2.65 bits per heavy atom. The number of imidazole rings is 1. The van der Waals surface area contributed by atoms with Gasteiger partial charge in [0.25, 0.3) is 0 Å². The lowest BCUT2D eigenvalue weighted by atomic mass is 10.2. The molecule has 3 aromatic rings. The first-order valence-corrected chi connectivity index (χ1v) is 5.28. The Labute approximate surface area is 101 Å². The van der Waals surface area contributed by atoms with Crippen LogP contribution < -0.4 is 0 Å². The number of halogens is 1. The number of phenols is 1. The van der Waals surface area contributed by atoms with Gasteiger partial charge in [-0.05, 0) is 35.9 Å². The van der Waals surface area contributed by atoms with Gasteiger partial charge in [-0.1, -0.05) is 0 Å². The van der Waals surface area contributed by atoms with Crippen LogP contribution >= 0.6 is 11.6 Å². The molecule has 84 valence electrons. The first-order chi connectivity index (χ1) is 8.22. The van der Waals surface area contributed by atoms with Crippen molar-refractivity contribution in [2.24, 2.45) is 0 Å². The van der Waals surface area contributed by atoms with Gasteiger partial charge in [0.1, 0.15) is 17.1 Å². The number of fused-ring (bicyclic) bond motifs is 1. The molecule has 0 saturated heterocycles. The molecule has 0 atom stereocenters. The highest BCUT2D eigenvalue weighted by Gasteiger charge is 2.07. The number of rotatable bonds is 1. The fraction of sp³-hybridized carbons (Fsp3) is 0. The molecule has 0 aliphatic rings. The summed E-state index contributed by atoms with van der Waals surface area (Å²) in [6, 6.07) is 6.73. The monoisotopic (exact) mass is 246 g/mol. The van der Waals surface area contributed by atoms with Crippen molar-refractivity contribution in [1.82, 2.24) is 19.9 Å². The summed E-state index contributed by atoms with van der Waals surface area (Å²) in [6.45, 7) is 0. The Morgan fingerprint density at radius 2 is 1.88 bits per heavy atom. The molecule has 2 heterocycles. The molecule has 0 amide bonds. The Kier molecular flexibility index (Phi) is 2.19. The molecule has 2 aromatic heterocycles. The van der Waals surface area contributed by atoms with Crippen LogP contribution in [0.1, 0.15) is 0 Å². The van der Waals surface area contributed by atoms with Gasteiger partial charge in [-0.2, -0.15) is 4.98 Å². The Bertz CT molecular complexity index is 678. The second-order valence-corrected chi connectivity index (χ2v) is 3.85. The Hall–Kier alpha value is -2.14. The van der Waals surface area contributed by atoms with Gasteiger partial charge in [-0.25, -0.2) is 9.97 Å². The largest absolute Gasteiger partial charge is 0.508 e. The number of hydrogen-bond acceptors (Lipinski definition) is 4. The second kappa shape index (κ2) is 3.71. The van der Waals surface area contributed by atoms with Crippen molar-refractivity contribution in [3.8, 4) is 17.1 Å². The van der Waals surface area contributed by atoms with Crippen molar-refractivity contribution in [3.05, 3.63) is 35.7 Å². The zero-order valence-electron chi connectivity index (χ0n) is 8.55. The Morgan fingerprint density at radius 1 is 1.12 bits per heavy atom. The minimum absolute atomic E-state index is 0.168. The third kappa shape index (κ3) is 1.81. The predicted molar refractivity (Wildman–Crippen MR) is 63.8 cm³/mol. The van der Waals surface area contributed by atoms with Gasteiger partial charge >= 0.3 is 0 Å². The molecule has 5 nitrogen and oxygen atoms in total. The minimum atomic E-state index is 0.168. The lowest BCUT2D eigenvalue weighted by Gasteiger charge is -1.95. The quantitative estimate of drug-likeness (QED) is 0.647. The molecule has 6 heteroatoms. The van der Waals surface area contributed by atoms with Crippen molar-refractivity contribution < 1.29 is 5.11 Å². The van der Waals surface area contributed by atoms with Crippen molar-refractivity contribution in [2.45, 2.75) is 0 Å². The van der Waals surface area contributed by atoms with E-state index < -0.39 is 0 Å². The van der Waals surface area contributed by atoms with E-state index in [1.807, 2.05) is 0 Å². The minimum Gasteiger partial charge on any atom is -0.508 e. The highest BCUT2D eigenvalue weighted by molar-refractivity contribution is 6.28. The van der Waals surface area contributed by atoms with Crippen molar-refractivity contribution in [3.63, 3.8) is 0 Å². The molecule has 17 heavy (non-hydrogen) atoms. The summed E-state index contributed by atoms with van der Waals surface area (Å²) in [5.41, 5.74) is 2.10. The van der Waals surface area contributed by atoms with E-state index >= 15 is 0 Å². The number of hydrogen-bond donors (Lipinski definition) is 2. The summed E-state index contributed by atoms with van der Waals surface area (Å²) in [6.07, 6.45) is 1.58. The summed E-state index contributed by atoms with van der Waals surface area (Å²) >= 11 is 5.69. The van der Waals surface area contributed by atoms with Crippen LogP contribution in [-0.4, -0.2) is 25.0 Å². The summed E-state index contributed by atoms with van der Waals surface area (Å²) in [5, 5.41) is 9.38. The van der Waals surface area contributed by atoms with Crippen LogP contribution in [0.25, 0.3) is 22.6 Å². The molecule has 0 unspecified atom stereocenters. The normalized spacial score (nSPS) is 10.9. The van der Waals surface area contributed by atoms with Crippen LogP contribution in [0, 0.1) is 0 Å². The van der Waals surface area contributed by atoms with Crippen molar-refractivity contribution >= 4 is 22.8 Å². The number of aromatic amines is 1. The van der Waals surface area contributed by atoms with E-state index in [0.717, 1.165) is 11.1 Å². The van der Waals surface area contributed by atoms with Crippen molar-refractivity contribution in [2.75, 3.05) is 0 Å². The van der Waals surface area contributed by atoms with E-state index in [4.69, 9.17) is 11.6 Å². The summed E-state index contributed by atoms with van der Waals surface area (Å²) < 4.78 is 0. The molecule has 0 spiro atoms. The van der Waals surface area contributed by atoms with Gasteiger partial charge in [0.05, 0.1) is 6.20 Å². The number of aromatic hydroxyl groups is 1. The van der Waals surface area contributed by atoms with Crippen molar-refractivity contribution in [1.29, 1.82) is 0 Å². The molecule has 0 radical (unpaired) electrons. The standard InChI is InChI=1S/C11H7ClN4O/c12-11-13-5-8-10(16-11)15-9(14-8)6-1-3-7(17)4-2-6/h1-5,17H,(H,13,14,15,16). The number of benzene rings is 1. The molecule has 0 fully saturated rings. The number of aromatic nitrogens is 4. The maximum atomic E-state index is 9.21. The third-order valence-corrected chi connectivity index (χ3v) is 2.53. The second-order valence-electron chi connectivity index (χ2n) is 3.51. The van der Waals surface area contributed by atoms with E-state index in [9.17, 15) is 5.11 Å². The Balaban J connectivity index is 2.14. The van der Waals surface area contributed by atoms with Crippen LogP contribution in [0.15, 0.2) is 30.5 Å². The van der Waals surface area contributed by atoms with Crippen LogP contribution in [0.2, 0.25) is 5.28 Å². The zero-order chi connectivity index (χ0) is 11.8. The highest BCUT2D eigenvalue weighted by atomic mass is 35.5. The first kappa shape index (κ1) is 10.0. The van der Waals surface area contributed by atoms with Gasteiger partial charge in [-0.3, -0.25) is 0 Å². The van der Waals surface area contributed by atoms with Gasteiger partial charge in [0.2, 0.25) is 5.28 Å². The highest BCUT2D eigenvalue weighted by Crippen LogP contribution is 2.21. The first-order valence-electron chi connectivity index (χ1n) is 4.90. The predicted octanol–water partition coefficient (Wildman–Crippen LogP) is 2.38. The number of H-pyrrole nitrogens is 1. The maximum absolute atomic E-state index is 9.21. The van der Waals surface area contributed by atoms with E-state index in [-0.39, 0.29) is 11.0 Å². The zero-order valence-corrected chi connectivity index (χ0v) is 9.31. The average molecular weight is 247 g/mol. The molecule has 0 bridgehead atoms. The fourth-order valence-electron chi connectivity index (χ4n) is 1.54. The molecule has 0 aliphatic heterocycles. The third-order valence-electron chi connectivity index (χ3n) is 2.35. The summed E-state index contributed by atoms with van der Waals surface area (Å²) in [7, 11) is 0. The molecule has 0 saturated carbocycles. The number of phenolic OH excluding ortho intramolecular Hbond substituents is 1. The van der Waals surface area contributed by atoms with Gasteiger partial charge in [0.15, 0.2) is 5.65 Å². The lowest BCUT2D eigenvalue weighted by Crippen LogP contribution is -1.81. The average Bonchev–Trinajstić information content (AvgIpc) is 2.72. The smallest absolute Gasteiger partial charge is 0.224 e. The maximum Gasteiger partial charge on any atom is 0.224 e. The fourth-order valence-corrected chi connectivity index (χ4v) is 1.67. The van der Waals surface area contributed by atoms with Crippen LogP contribution in [-0.2, 0) is 0 Å². The van der Waals surface area contributed by atoms with Crippen LogP contribution in [0.4, 0.5) is 0 Å².